The molecule has 0 atom stereocenters. The van der Waals surface area contributed by atoms with E-state index in [2.05, 4.69) is 15.3 Å². The van der Waals surface area contributed by atoms with Gasteiger partial charge >= 0.3 is 0 Å². The predicted octanol–water partition coefficient (Wildman–Crippen LogP) is 2.53. The standard InChI is InChI=1S/C13H12ClN5O/c1-8-12(15)17-18-19(8)6-11-7-20-13(16-11)9-2-4-10(14)5-3-9/h2-5,7H,6,15H2,1H3. The number of hydrogen-bond acceptors (Lipinski definition) is 5. The van der Waals surface area contributed by atoms with Crippen molar-refractivity contribution in [2.75, 3.05) is 5.73 Å². The fraction of sp³-hybridized carbons (Fsp3) is 0.154. The van der Waals surface area contributed by atoms with Gasteiger partial charge in [0.25, 0.3) is 0 Å². The first-order chi connectivity index (χ1) is 9.63. The van der Waals surface area contributed by atoms with Crippen LogP contribution in [0.2, 0.25) is 5.02 Å². The molecule has 0 unspecified atom stereocenters. The highest BCUT2D eigenvalue weighted by Crippen LogP contribution is 2.21. The lowest BCUT2D eigenvalue weighted by molar-refractivity contribution is 0.567. The Kier molecular flexibility index (Phi) is 3.15. The maximum Gasteiger partial charge on any atom is 0.226 e. The minimum absolute atomic E-state index is 0.423. The fourth-order valence-corrected chi connectivity index (χ4v) is 1.91. The fourth-order valence-electron chi connectivity index (χ4n) is 1.78. The van der Waals surface area contributed by atoms with Crippen LogP contribution in [0.25, 0.3) is 11.5 Å². The molecule has 2 aromatic heterocycles. The summed E-state index contributed by atoms with van der Waals surface area (Å²) in [7, 11) is 0. The molecule has 0 bridgehead atoms. The van der Waals surface area contributed by atoms with Gasteiger partial charge in [0.1, 0.15) is 12.0 Å². The van der Waals surface area contributed by atoms with Crippen molar-refractivity contribution >= 4 is 17.4 Å². The zero-order valence-corrected chi connectivity index (χ0v) is 11.5. The summed E-state index contributed by atoms with van der Waals surface area (Å²) in [6.07, 6.45) is 1.60. The number of nitrogens with two attached hydrogens (primary N) is 1. The first kappa shape index (κ1) is 12.7. The number of oxazole rings is 1. The van der Waals surface area contributed by atoms with Crippen LogP contribution in [-0.4, -0.2) is 20.0 Å². The van der Waals surface area contributed by atoms with Crippen molar-refractivity contribution in [3.8, 4) is 11.5 Å². The predicted molar refractivity (Wildman–Crippen MR) is 75.2 cm³/mol. The molecule has 6 nitrogen and oxygen atoms in total. The SMILES string of the molecule is Cc1c(N)nnn1Cc1coc(-c2ccc(Cl)cc2)n1. The van der Waals surface area contributed by atoms with Gasteiger partial charge in [0.2, 0.25) is 5.89 Å². The van der Waals surface area contributed by atoms with E-state index in [-0.39, 0.29) is 0 Å². The molecule has 0 aliphatic heterocycles. The Morgan fingerprint density at radius 3 is 2.70 bits per heavy atom. The second-order valence-corrected chi connectivity index (χ2v) is 4.81. The van der Waals surface area contributed by atoms with Crippen molar-refractivity contribution in [3.63, 3.8) is 0 Å². The summed E-state index contributed by atoms with van der Waals surface area (Å²) in [6.45, 7) is 2.32. The Morgan fingerprint density at radius 1 is 1.30 bits per heavy atom. The largest absolute Gasteiger partial charge is 0.444 e. The van der Waals surface area contributed by atoms with Gasteiger partial charge in [-0.05, 0) is 31.2 Å². The third-order valence-corrected chi connectivity index (χ3v) is 3.22. The molecule has 102 valence electrons. The van der Waals surface area contributed by atoms with Crippen molar-refractivity contribution in [1.29, 1.82) is 0 Å². The second-order valence-electron chi connectivity index (χ2n) is 4.37. The van der Waals surface area contributed by atoms with Crippen molar-refractivity contribution in [3.05, 3.63) is 46.9 Å². The number of aromatic nitrogens is 4. The summed E-state index contributed by atoms with van der Waals surface area (Å²) in [6, 6.07) is 7.30. The summed E-state index contributed by atoms with van der Waals surface area (Å²) >= 11 is 5.85. The van der Waals surface area contributed by atoms with Crippen LogP contribution in [0, 0.1) is 6.92 Å². The Balaban J connectivity index is 1.83. The highest BCUT2D eigenvalue weighted by Gasteiger charge is 2.10. The molecule has 0 fully saturated rings. The van der Waals surface area contributed by atoms with Gasteiger partial charge in [-0.15, -0.1) is 5.10 Å². The normalized spacial score (nSPS) is 10.9. The maximum absolute atomic E-state index is 5.85. The molecule has 0 radical (unpaired) electrons. The maximum atomic E-state index is 5.85. The molecule has 0 saturated carbocycles. The lowest BCUT2D eigenvalue weighted by Crippen LogP contribution is -2.04. The summed E-state index contributed by atoms with van der Waals surface area (Å²) in [5.74, 6) is 0.967. The van der Waals surface area contributed by atoms with E-state index < -0.39 is 0 Å². The van der Waals surface area contributed by atoms with Gasteiger partial charge in [-0.2, -0.15) is 0 Å². The quantitative estimate of drug-likeness (QED) is 0.801. The molecule has 0 saturated heterocycles. The second kappa shape index (κ2) is 4.97. The lowest BCUT2D eigenvalue weighted by atomic mass is 10.2. The molecule has 1 aromatic carbocycles. The Bertz CT molecular complexity index is 732. The van der Waals surface area contributed by atoms with Crippen LogP contribution in [-0.2, 0) is 6.54 Å². The number of rotatable bonds is 3. The minimum Gasteiger partial charge on any atom is -0.444 e. The van der Waals surface area contributed by atoms with Gasteiger partial charge in [0.05, 0.1) is 12.2 Å². The third kappa shape index (κ3) is 2.37. The van der Waals surface area contributed by atoms with Crippen molar-refractivity contribution in [2.24, 2.45) is 0 Å². The highest BCUT2D eigenvalue weighted by atomic mass is 35.5. The summed E-state index contributed by atoms with van der Waals surface area (Å²) in [5, 5.41) is 8.43. The molecule has 2 N–H and O–H groups in total. The van der Waals surface area contributed by atoms with Crippen molar-refractivity contribution < 1.29 is 4.42 Å². The van der Waals surface area contributed by atoms with Gasteiger partial charge in [0.15, 0.2) is 5.82 Å². The van der Waals surface area contributed by atoms with Gasteiger partial charge in [-0.1, -0.05) is 16.8 Å². The van der Waals surface area contributed by atoms with Crippen LogP contribution < -0.4 is 5.73 Å². The van der Waals surface area contributed by atoms with E-state index in [0.29, 0.717) is 23.3 Å². The average molecular weight is 290 g/mol. The molecule has 0 aliphatic rings. The Labute approximate surface area is 120 Å². The molecule has 0 amide bonds. The van der Waals surface area contributed by atoms with Gasteiger partial charge in [-0.3, -0.25) is 0 Å². The number of nitrogens with zero attached hydrogens (tertiary/aromatic N) is 4. The van der Waals surface area contributed by atoms with E-state index in [0.717, 1.165) is 17.0 Å². The zero-order chi connectivity index (χ0) is 14.1. The van der Waals surface area contributed by atoms with E-state index in [1.807, 2.05) is 19.1 Å². The van der Waals surface area contributed by atoms with Crippen LogP contribution in [0.15, 0.2) is 34.9 Å². The minimum atomic E-state index is 0.423. The molecule has 3 aromatic rings. The van der Waals surface area contributed by atoms with E-state index in [9.17, 15) is 0 Å². The van der Waals surface area contributed by atoms with Gasteiger partial charge in [0, 0.05) is 10.6 Å². The summed E-state index contributed by atoms with van der Waals surface area (Å²) < 4.78 is 7.14. The lowest BCUT2D eigenvalue weighted by Gasteiger charge is -1.98. The number of nitrogen functional groups attached to an aromatic ring is 1. The monoisotopic (exact) mass is 289 g/mol. The van der Waals surface area contributed by atoms with Crippen molar-refractivity contribution in [2.45, 2.75) is 13.5 Å². The zero-order valence-electron chi connectivity index (χ0n) is 10.7. The summed E-state index contributed by atoms with van der Waals surface area (Å²) in [5.41, 5.74) is 8.08. The molecule has 2 heterocycles. The first-order valence-corrected chi connectivity index (χ1v) is 6.37. The molecule has 20 heavy (non-hydrogen) atoms. The Hall–Kier alpha value is -2.34. The van der Waals surface area contributed by atoms with Crippen LogP contribution in [0.1, 0.15) is 11.4 Å². The molecule has 7 heteroatoms. The third-order valence-electron chi connectivity index (χ3n) is 2.97. The van der Waals surface area contributed by atoms with Crippen LogP contribution in [0.5, 0.6) is 0 Å². The molecule has 0 spiro atoms. The van der Waals surface area contributed by atoms with Crippen LogP contribution in [0.4, 0.5) is 5.82 Å². The smallest absolute Gasteiger partial charge is 0.226 e. The van der Waals surface area contributed by atoms with E-state index in [1.54, 1.807) is 23.1 Å². The number of halogens is 1. The van der Waals surface area contributed by atoms with E-state index in [1.165, 1.54) is 0 Å². The topological polar surface area (TPSA) is 82.8 Å². The number of hydrogen-bond donors (Lipinski definition) is 1. The number of benzene rings is 1. The molecule has 0 aliphatic carbocycles. The Morgan fingerprint density at radius 2 is 2.05 bits per heavy atom. The molecule has 3 rings (SSSR count). The van der Waals surface area contributed by atoms with E-state index in [4.69, 9.17) is 21.8 Å². The number of anilines is 1. The van der Waals surface area contributed by atoms with E-state index >= 15 is 0 Å². The summed E-state index contributed by atoms with van der Waals surface area (Å²) in [4.78, 5) is 4.42. The highest BCUT2D eigenvalue weighted by molar-refractivity contribution is 6.30. The van der Waals surface area contributed by atoms with Crippen LogP contribution in [0.3, 0.4) is 0 Å². The first-order valence-electron chi connectivity index (χ1n) is 5.99. The molecular weight excluding hydrogens is 278 g/mol. The van der Waals surface area contributed by atoms with Gasteiger partial charge < -0.3 is 10.2 Å². The molecular formula is C13H12ClN5O. The van der Waals surface area contributed by atoms with Gasteiger partial charge in [-0.25, -0.2) is 9.67 Å². The van der Waals surface area contributed by atoms with Crippen molar-refractivity contribution in [1.82, 2.24) is 20.0 Å². The van der Waals surface area contributed by atoms with Crippen LogP contribution >= 0.6 is 11.6 Å². The average Bonchev–Trinajstić information content (AvgIpc) is 3.02.